The number of hydrogen-bond donors (Lipinski definition) is 0. The third-order valence-electron chi connectivity index (χ3n) is 5.63. The average molecular weight is 486 g/mol. The Labute approximate surface area is 200 Å². The Morgan fingerprint density at radius 3 is 2.69 bits per heavy atom. The van der Waals surface area contributed by atoms with Gasteiger partial charge in [-0.15, -0.1) is 0 Å². The molecule has 4 aromatic rings. The first-order valence-electron chi connectivity index (χ1n) is 11.5. The van der Waals surface area contributed by atoms with E-state index in [9.17, 15) is 18.0 Å². The third kappa shape index (κ3) is 5.39. The molecule has 2 heterocycles. The molecule has 0 aliphatic rings. The van der Waals surface area contributed by atoms with Crippen LogP contribution < -0.4 is 0 Å². The maximum absolute atomic E-state index is 13.7. The summed E-state index contributed by atoms with van der Waals surface area (Å²) in [5.41, 5.74) is 1.31. The molecule has 4 rings (SSSR count). The van der Waals surface area contributed by atoms with Crippen LogP contribution in [-0.4, -0.2) is 27.3 Å². The predicted octanol–water partition coefficient (Wildman–Crippen LogP) is 6.53. The molecule has 0 saturated carbocycles. The zero-order valence-corrected chi connectivity index (χ0v) is 19.7. The number of carbonyl (C=O) groups is 1. The largest absolute Gasteiger partial charge is 0.466 e. The van der Waals surface area contributed by atoms with Crippen molar-refractivity contribution in [3.8, 4) is 22.8 Å². The molecule has 9 heteroatoms. The van der Waals surface area contributed by atoms with Gasteiger partial charge >= 0.3 is 12.1 Å². The highest BCUT2D eigenvalue weighted by atomic mass is 19.4. The van der Waals surface area contributed by atoms with Crippen LogP contribution in [0, 0.1) is 5.92 Å². The van der Waals surface area contributed by atoms with E-state index in [0.29, 0.717) is 25.1 Å². The summed E-state index contributed by atoms with van der Waals surface area (Å²) in [5.74, 6) is 0.0990. The lowest BCUT2D eigenvalue weighted by Crippen LogP contribution is -2.11. The number of halogens is 3. The van der Waals surface area contributed by atoms with Gasteiger partial charge in [0.25, 0.3) is 5.89 Å². The topological polar surface area (TPSA) is 70.2 Å². The van der Waals surface area contributed by atoms with E-state index in [1.54, 1.807) is 13.0 Å². The number of aryl methyl sites for hydroxylation is 1. The number of hydrogen-bond acceptors (Lipinski definition) is 5. The number of aromatic nitrogens is 3. The van der Waals surface area contributed by atoms with E-state index in [2.05, 4.69) is 10.1 Å². The van der Waals surface area contributed by atoms with Gasteiger partial charge in [0.2, 0.25) is 5.82 Å². The van der Waals surface area contributed by atoms with Crippen molar-refractivity contribution in [2.75, 3.05) is 6.61 Å². The second-order valence-electron chi connectivity index (χ2n) is 8.69. The van der Waals surface area contributed by atoms with Crippen molar-refractivity contribution in [1.82, 2.24) is 14.7 Å². The fourth-order valence-corrected chi connectivity index (χ4v) is 4.10. The number of rotatable bonds is 8. The molecule has 0 N–H and O–H groups in total. The number of nitrogens with zero attached hydrogens (tertiary/aromatic N) is 3. The minimum atomic E-state index is -4.48. The number of carbonyl (C=O) groups excluding carboxylic acids is 1. The normalized spacial score (nSPS) is 12.0. The summed E-state index contributed by atoms with van der Waals surface area (Å²) in [6.45, 7) is 6.30. The lowest BCUT2D eigenvalue weighted by molar-refractivity contribution is -0.143. The zero-order chi connectivity index (χ0) is 25.2. The van der Waals surface area contributed by atoms with Crippen molar-refractivity contribution in [3.05, 3.63) is 59.8 Å². The van der Waals surface area contributed by atoms with Gasteiger partial charge in [0.05, 0.1) is 18.6 Å². The molecule has 6 nitrogen and oxygen atoms in total. The number of fused-ring (bicyclic) bond motifs is 1. The van der Waals surface area contributed by atoms with Crippen molar-refractivity contribution < 1.29 is 27.2 Å². The zero-order valence-electron chi connectivity index (χ0n) is 19.7. The Bertz CT molecular complexity index is 1340. The maximum atomic E-state index is 13.7. The molecule has 0 aliphatic carbocycles. The molecule has 0 aliphatic heterocycles. The molecule has 0 fully saturated rings. The first-order chi connectivity index (χ1) is 16.7. The number of esters is 1. The smallest absolute Gasteiger partial charge is 0.416 e. The minimum Gasteiger partial charge on any atom is -0.466 e. The molecule has 0 bridgehead atoms. The molecule has 0 radical (unpaired) electrons. The van der Waals surface area contributed by atoms with Crippen molar-refractivity contribution in [2.24, 2.45) is 5.92 Å². The van der Waals surface area contributed by atoms with Crippen molar-refractivity contribution in [2.45, 2.75) is 46.3 Å². The standard InChI is InChI=1S/C26H26F3N3O3/c1-4-34-23(33)11-13-32-12-10-19-20(6-5-7-22(19)32)24-30-25(35-31-24)18-9-8-17(14-16(2)3)21(15-18)26(27,28)29/h5-10,12,15-16H,4,11,13-14H2,1-3H3. The van der Waals surface area contributed by atoms with Crippen molar-refractivity contribution >= 4 is 16.9 Å². The van der Waals surface area contributed by atoms with Gasteiger partial charge < -0.3 is 13.8 Å². The van der Waals surface area contributed by atoms with Gasteiger partial charge in [-0.25, -0.2) is 0 Å². The van der Waals surface area contributed by atoms with Gasteiger partial charge in [-0.1, -0.05) is 37.2 Å². The highest BCUT2D eigenvalue weighted by Gasteiger charge is 2.34. The molecule has 2 aromatic carbocycles. The summed E-state index contributed by atoms with van der Waals surface area (Å²) in [6, 6.07) is 11.6. The molecule has 0 amide bonds. The fraction of sp³-hybridized carbons (Fsp3) is 0.346. The first-order valence-corrected chi connectivity index (χ1v) is 11.5. The summed E-state index contributed by atoms with van der Waals surface area (Å²) in [4.78, 5) is 16.1. The van der Waals surface area contributed by atoms with Crippen LogP contribution >= 0.6 is 0 Å². The van der Waals surface area contributed by atoms with Gasteiger partial charge in [0.1, 0.15) is 0 Å². The van der Waals surface area contributed by atoms with Crippen LogP contribution in [0.15, 0.2) is 53.2 Å². The van der Waals surface area contributed by atoms with Gasteiger partial charge in [-0.05, 0) is 49.1 Å². The molecule has 2 aromatic heterocycles. The third-order valence-corrected chi connectivity index (χ3v) is 5.63. The maximum Gasteiger partial charge on any atom is 0.416 e. The number of alkyl halides is 3. The van der Waals surface area contributed by atoms with E-state index in [-0.39, 0.29) is 41.2 Å². The van der Waals surface area contributed by atoms with Crippen LogP contribution in [0.3, 0.4) is 0 Å². The highest BCUT2D eigenvalue weighted by Crippen LogP contribution is 2.36. The van der Waals surface area contributed by atoms with Gasteiger partial charge in [0.15, 0.2) is 0 Å². The molecule has 184 valence electrons. The van der Waals surface area contributed by atoms with E-state index < -0.39 is 11.7 Å². The molecule has 0 spiro atoms. The van der Waals surface area contributed by atoms with E-state index in [4.69, 9.17) is 9.26 Å². The van der Waals surface area contributed by atoms with Crippen LogP contribution in [0.5, 0.6) is 0 Å². The van der Waals surface area contributed by atoms with Crippen LogP contribution in [0.1, 0.15) is 38.3 Å². The second-order valence-corrected chi connectivity index (χ2v) is 8.69. The van der Waals surface area contributed by atoms with Crippen LogP contribution in [0.25, 0.3) is 33.7 Å². The van der Waals surface area contributed by atoms with E-state index in [1.807, 2.05) is 48.9 Å². The van der Waals surface area contributed by atoms with Gasteiger partial charge in [-0.3, -0.25) is 4.79 Å². The highest BCUT2D eigenvalue weighted by molar-refractivity contribution is 5.94. The Morgan fingerprint density at radius 1 is 1.17 bits per heavy atom. The lowest BCUT2D eigenvalue weighted by atomic mass is 9.96. The summed E-state index contributed by atoms with van der Waals surface area (Å²) in [7, 11) is 0. The van der Waals surface area contributed by atoms with Crippen LogP contribution in [0.2, 0.25) is 0 Å². The van der Waals surface area contributed by atoms with Gasteiger partial charge in [0, 0.05) is 34.8 Å². The van der Waals surface area contributed by atoms with Crippen molar-refractivity contribution in [3.63, 3.8) is 0 Å². The first kappa shape index (κ1) is 24.5. The Kier molecular flexibility index (Phi) is 6.95. The summed E-state index contributed by atoms with van der Waals surface area (Å²) < 4.78 is 53.4. The molecule has 35 heavy (non-hydrogen) atoms. The monoisotopic (exact) mass is 485 g/mol. The van der Waals surface area contributed by atoms with Crippen molar-refractivity contribution in [1.29, 1.82) is 0 Å². The molecular weight excluding hydrogens is 459 g/mol. The summed E-state index contributed by atoms with van der Waals surface area (Å²) in [6.07, 6.45) is -2.07. The Hall–Kier alpha value is -3.62. The average Bonchev–Trinajstić information content (AvgIpc) is 3.44. The Morgan fingerprint density at radius 2 is 1.97 bits per heavy atom. The van der Waals surface area contributed by atoms with E-state index in [0.717, 1.165) is 17.0 Å². The summed E-state index contributed by atoms with van der Waals surface area (Å²) >= 11 is 0. The minimum absolute atomic E-state index is 0.0142. The SMILES string of the molecule is CCOC(=O)CCn1ccc2c(-c3noc(-c4ccc(CC(C)C)c(C(F)(F)F)c4)n3)cccc21. The van der Waals surface area contributed by atoms with Crippen LogP contribution in [0.4, 0.5) is 13.2 Å². The fourth-order valence-electron chi connectivity index (χ4n) is 4.10. The number of ether oxygens (including phenoxy) is 1. The molecule has 0 unspecified atom stereocenters. The molecule has 0 atom stereocenters. The van der Waals surface area contributed by atoms with Crippen LogP contribution in [-0.2, 0) is 28.7 Å². The van der Waals surface area contributed by atoms with E-state index in [1.165, 1.54) is 6.07 Å². The summed E-state index contributed by atoms with van der Waals surface area (Å²) in [5, 5.41) is 4.87. The quantitative estimate of drug-likeness (QED) is 0.266. The van der Waals surface area contributed by atoms with Gasteiger partial charge in [-0.2, -0.15) is 18.2 Å². The molecule has 0 saturated heterocycles. The second kappa shape index (κ2) is 9.93. The molecular formula is C26H26F3N3O3. The lowest BCUT2D eigenvalue weighted by Gasteiger charge is -2.15. The number of benzene rings is 2. The predicted molar refractivity (Wildman–Crippen MR) is 125 cm³/mol. The van der Waals surface area contributed by atoms with E-state index >= 15 is 0 Å². The Balaban J connectivity index is 1.65.